The highest BCUT2D eigenvalue weighted by Gasteiger charge is 2.35. The summed E-state index contributed by atoms with van der Waals surface area (Å²) in [5.74, 6) is -7.85. The molecule has 0 fully saturated rings. The van der Waals surface area contributed by atoms with Gasteiger partial charge in [-0.2, -0.15) is 0 Å². The zero-order chi connectivity index (χ0) is 46.2. The second-order valence-corrected chi connectivity index (χ2v) is 17.4. The molecule has 9 N–H and O–H groups in total. The van der Waals surface area contributed by atoms with E-state index in [1.54, 1.807) is 53.8 Å². The molecule has 0 bridgehead atoms. The Balaban J connectivity index is 1.19. The van der Waals surface area contributed by atoms with E-state index in [0.29, 0.717) is 5.69 Å². The first kappa shape index (κ1) is 39.6. The van der Waals surface area contributed by atoms with E-state index in [-0.39, 0.29) is 49.3 Å². The number of aromatic nitrogens is 2. The van der Waals surface area contributed by atoms with Gasteiger partial charge in [-0.25, -0.2) is 0 Å². The quantitative estimate of drug-likeness (QED) is 0.0459. The molecule has 67 heavy (non-hydrogen) atoms. The molecule has 9 aromatic carbocycles. The van der Waals surface area contributed by atoms with Crippen LogP contribution in [0.5, 0.6) is 51.7 Å². The molecule has 0 saturated heterocycles. The fraction of sp³-hybridized carbons (Fsp3) is 0. The van der Waals surface area contributed by atoms with Gasteiger partial charge < -0.3 is 55.1 Å². The number of rotatable bonds is 5. The Hall–Kier alpha value is -8.94. The number of nitrogens with zero attached hydrogens (tertiary/aromatic N) is 2. The molecule has 0 saturated carbocycles. The second-order valence-electron chi connectivity index (χ2n) is 16.4. The van der Waals surface area contributed by atoms with Gasteiger partial charge in [-0.15, -0.1) is 11.3 Å². The van der Waals surface area contributed by atoms with Gasteiger partial charge in [-0.1, -0.05) is 121 Å². The molecule has 0 unspecified atom stereocenters. The van der Waals surface area contributed by atoms with E-state index in [1.165, 1.54) is 9.13 Å². The standard InChI is InChI=1S/C54H33BN2O9S/c55-39-44(58)37-35-36-38-43(50(64)52(66)51(65)45(38)59)56(29-22-20-26(21-23-29)25-10-3-1-4-11-25)40(36)48(62)49(63)41(35)57(42(37)47(61)46(39)60)30-15-7-14-28(24-30)32-17-9-19-34-33-18-8-16-31(53(33)67-54(32)34)27-12-5-2-6-13-27/h1-24,58-66H. The lowest BCUT2D eigenvalue weighted by molar-refractivity contribution is 0.350. The molecule has 322 valence electrons. The Kier molecular flexibility index (Phi) is 8.45. The molecular formula is C54H33BN2O9S. The summed E-state index contributed by atoms with van der Waals surface area (Å²) in [7, 11) is 6.25. The van der Waals surface area contributed by atoms with E-state index in [0.717, 1.165) is 53.6 Å². The molecule has 0 aliphatic rings. The van der Waals surface area contributed by atoms with Crippen molar-refractivity contribution in [3.63, 3.8) is 0 Å². The summed E-state index contributed by atoms with van der Waals surface area (Å²) in [6.45, 7) is 0. The van der Waals surface area contributed by atoms with E-state index in [2.05, 4.69) is 30.3 Å². The molecular weight excluding hydrogens is 863 g/mol. The first-order valence-electron chi connectivity index (χ1n) is 21.0. The van der Waals surface area contributed by atoms with Crippen LogP contribution in [0.25, 0.3) is 109 Å². The van der Waals surface area contributed by atoms with Crippen LogP contribution in [-0.2, 0) is 0 Å². The van der Waals surface area contributed by atoms with Crippen molar-refractivity contribution in [1.82, 2.24) is 9.13 Å². The SMILES string of the molecule is [B]c1c(O)c(O)c2c(c1O)c1c3c4c(O)c(O)c(O)c(O)c4n(-c4ccc(-c5ccccc5)cc4)c3c(O)c(O)c1n2-c1cccc(-c2cccc3c2sc2c(-c4ccccc4)cccc23)c1. The van der Waals surface area contributed by atoms with Crippen LogP contribution in [0.2, 0.25) is 0 Å². The lowest BCUT2D eigenvalue weighted by Gasteiger charge is -2.15. The Morgan fingerprint density at radius 2 is 0.761 bits per heavy atom. The molecule has 0 aliphatic heterocycles. The lowest BCUT2D eigenvalue weighted by atomic mass is 9.90. The van der Waals surface area contributed by atoms with Crippen LogP contribution in [0.1, 0.15) is 0 Å². The third-order valence-corrected chi connectivity index (χ3v) is 14.1. The predicted molar refractivity (Wildman–Crippen MR) is 265 cm³/mol. The minimum Gasteiger partial charge on any atom is -0.508 e. The van der Waals surface area contributed by atoms with Gasteiger partial charge in [0.2, 0.25) is 11.5 Å². The third-order valence-electron chi connectivity index (χ3n) is 12.9. The van der Waals surface area contributed by atoms with Crippen LogP contribution < -0.4 is 5.46 Å². The molecule has 12 aromatic rings. The van der Waals surface area contributed by atoms with Crippen molar-refractivity contribution in [2.24, 2.45) is 0 Å². The molecule has 11 nitrogen and oxygen atoms in total. The first-order valence-corrected chi connectivity index (χ1v) is 21.8. The summed E-state index contributed by atoms with van der Waals surface area (Å²) in [5.41, 5.74) is 4.45. The number of hydrogen-bond donors (Lipinski definition) is 9. The minimum atomic E-state index is -1.09. The highest BCUT2D eigenvalue weighted by molar-refractivity contribution is 7.26. The minimum absolute atomic E-state index is 0.116. The number of phenolic OH excluding ortho intramolecular Hbond substituents is 9. The van der Waals surface area contributed by atoms with E-state index < -0.39 is 57.2 Å². The zero-order valence-electron chi connectivity index (χ0n) is 34.8. The monoisotopic (exact) mass is 896 g/mol. The highest BCUT2D eigenvalue weighted by Crippen LogP contribution is 2.59. The zero-order valence-corrected chi connectivity index (χ0v) is 35.6. The number of aromatic hydroxyl groups is 9. The van der Waals surface area contributed by atoms with Crippen molar-refractivity contribution in [3.05, 3.63) is 146 Å². The van der Waals surface area contributed by atoms with Gasteiger partial charge >= 0.3 is 0 Å². The number of benzene rings is 9. The van der Waals surface area contributed by atoms with Crippen molar-refractivity contribution in [1.29, 1.82) is 0 Å². The van der Waals surface area contributed by atoms with E-state index in [4.69, 9.17) is 7.85 Å². The third kappa shape index (κ3) is 5.40. The summed E-state index contributed by atoms with van der Waals surface area (Å²) in [4.78, 5) is 0. The molecule has 13 heteroatoms. The Morgan fingerprint density at radius 1 is 0.328 bits per heavy atom. The summed E-state index contributed by atoms with van der Waals surface area (Å²) in [6, 6.07) is 45.9. The predicted octanol–water partition coefficient (Wildman–Crippen LogP) is 11.4. The maximum Gasteiger partial charge on any atom is 0.206 e. The van der Waals surface area contributed by atoms with Gasteiger partial charge in [0.1, 0.15) is 35.7 Å². The number of thiophene rings is 1. The summed E-state index contributed by atoms with van der Waals surface area (Å²) < 4.78 is 4.75. The summed E-state index contributed by atoms with van der Waals surface area (Å²) in [5, 5.41) is 107. The van der Waals surface area contributed by atoms with Crippen LogP contribution in [0.4, 0.5) is 0 Å². The molecule has 3 aromatic heterocycles. The second kappa shape index (κ2) is 14.3. The molecule has 0 aliphatic carbocycles. The normalized spacial score (nSPS) is 11.9. The maximum absolute atomic E-state index is 12.4. The van der Waals surface area contributed by atoms with Crippen LogP contribution in [0, 0.1) is 0 Å². The van der Waals surface area contributed by atoms with E-state index in [9.17, 15) is 46.0 Å². The van der Waals surface area contributed by atoms with Crippen molar-refractivity contribution < 1.29 is 46.0 Å². The van der Waals surface area contributed by atoms with Gasteiger partial charge in [0.25, 0.3) is 0 Å². The fourth-order valence-corrected chi connectivity index (χ4v) is 11.2. The summed E-state index contributed by atoms with van der Waals surface area (Å²) in [6.07, 6.45) is 0. The van der Waals surface area contributed by atoms with Crippen LogP contribution in [0.15, 0.2) is 146 Å². The topological polar surface area (TPSA) is 192 Å². The molecule has 2 radical (unpaired) electrons. The molecule has 0 atom stereocenters. The van der Waals surface area contributed by atoms with Gasteiger partial charge in [0.15, 0.2) is 34.5 Å². The molecule has 0 spiro atoms. The number of fused-ring (bicyclic) bond motifs is 10. The molecule has 0 amide bonds. The van der Waals surface area contributed by atoms with E-state index >= 15 is 0 Å². The van der Waals surface area contributed by atoms with E-state index in [1.807, 2.05) is 72.8 Å². The van der Waals surface area contributed by atoms with Crippen LogP contribution in [0.3, 0.4) is 0 Å². The Bertz CT molecular complexity index is 4090. The van der Waals surface area contributed by atoms with Gasteiger partial charge in [-0.05, 0) is 63.1 Å². The average Bonchev–Trinajstić information content (AvgIpc) is 4.05. The Labute approximate surface area is 384 Å². The summed E-state index contributed by atoms with van der Waals surface area (Å²) >= 11 is 1.65. The van der Waals surface area contributed by atoms with Crippen LogP contribution in [-0.4, -0.2) is 62.9 Å². The van der Waals surface area contributed by atoms with Crippen molar-refractivity contribution in [2.75, 3.05) is 0 Å². The van der Waals surface area contributed by atoms with Crippen molar-refractivity contribution in [3.8, 4) is 96.5 Å². The molecule has 12 rings (SSSR count). The fourth-order valence-electron chi connectivity index (χ4n) is 9.81. The van der Waals surface area contributed by atoms with Gasteiger partial charge in [0, 0.05) is 42.3 Å². The van der Waals surface area contributed by atoms with Crippen molar-refractivity contribution in [2.45, 2.75) is 0 Å². The van der Waals surface area contributed by atoms with Crippen LogP contribution >= 0.6 is 11.3 Å². The Morgan fingerprint density at radius 3 is 1.36 bits per heavy atom. The largest absolute Gasteiger partial charge is 0.508 e. The number of phenols is 9. The number of hydrogen-bond acceptors (Lipinski definition) is 10. The first-order chi connectivity index (χ1) is 32.5. The molecule has 3 heterocycles. The van der Waals surface area contributed by atoms with Gasteiger partial charge in [0.05, 0.1) is 10.8 Å². The van der Waals surface area contributed by atoms with Crippen molar-refractivity contribution >= 4 is 88.4 Å². The highest BCUT2D eigenvalue weighted by atomic mass is 32.1. The maximum atomic E-state index is 12.4. The van der Waals surface area contributed by atoms with Gasteiger partial charge in [-0.3, -0.25) is 0 Å². The lowest BCUT2D eigenvalue weighted by Crippen LogP contribution is -2.05. The average molecular weight is 897 g/mol. The smallest absolute Gasteiger partial charge is 0.206 e.